The number of nitrogens with two attached hydrogens (primary N) is 1. The van der Waals surface area contributed by atoms with E-state index in [0.717, 1.165) is 6.07 Å². The first kappa shape index (κ1) is 14.8. The van der Waals surface area contributed by atoms with Crippen molar-refractivity contribution in [2.75, 3.05) is 12.8 Å². The van der Waals surface area contributed by atoms with Crippen LogP contribution in [0.1, 0.15) is 23.2 Å². The van der Waals surface area contributed by atoms with Gasteiger partial charge in [-0.2, -0.15) is 0 Å². The minimum absolute atomic E-state index is 0.0440. The van der Waals surface area contributed by atoms with Crippen molar-refractivity contribution in [3.05, 3.63) is 23.8 Å². The van der Waals surface area contributed by atoms with Crippen molar-refractivity contribution in [1.82, 2.24) is 4.72 Å². The molecule has 1 fully saturated rings. The number of carboxylic acid groups (broad SMARTS) is 1. The van der Waals surface area contributed by atoms with Crippen LogP contribution in [0, 0.1) is 0 Å². The van der Waals surface area contributed by atoms with Crippen LogP contribution in [0.25, 0.3) is 0 Å². The fraction of sp³-hybridized carbons (Fsp3) is 0.417. The number of nitrogen functional groups attached to an aromatic ring is 1. The number of sulfonamides is 1. The second-order valence-electron chi connectivity index (χ2n) is 4.71. The van der Waals surface area contributed by atoms with Crippen molar-refractivity contribution in [3.8, 4) is 0 Å². The summed E-state index contributed by atoms with van der Waals surface area (Å²) in [6.07, 6.45) is 1.18. The average Bonchev–Trinajstić information content (AvgIpc) is 2.32. The van der Waals surface area contributed by atoms with E-state index in [2.05, 4.69) is 4.72 Å². The monoisotopic (exact) mass is 300 g/mol. The van der Waals surface area contributed by atoms with E-state index in [1.807, 2.05) is 0 Å². The van der Waals surface area contributed by atoms with Crippen LogP contribution in [0.4, 0.5) is 5.69 Å². The number of nitrogens with one attached hydrogen (secondary N) is 1. The molecule has 0 aromatic heterocycles. The number of ether oxygens (including phenoxy) is 1. The van der Waals surface area contributed by atoms with Gasteiger partial charge in [0.15, 0.2) is 0 Å². The van der Waals surface area contributed by atoms with Gasteiger partial charge in [-0.05, 0) is 31.0 Å². The average molecular weight is 300 g/mol. The van der Waals surface area contributed by atoms with Gasteiger partial charge in [-0.1, -0.05) is 0 Å². The Morgan fingerprint density at radius 3 is 2.65 bits per heavy atom. The largest absolute Gasteiger partial charge is 0.478 e. The minimum atomic E-state index is -3.92. The molecule has 0 atom stereocenters. The molecule has 0 radical (unpaired) electrons. The highest BCUT2D eigenvalue weighted by atomic mass is 32.2. The molecule has 4 N–H and O–H groups in total. The summed E-state index contributed by atoms with van der Waals surface area (Å²) in [4.78, 5) is 10.8. The lowest BCUT2D eigenvalue weighted by Gasteiger charge is -2.34. The molecule has 1 aromatic rings. The van der Waals surface area contributed by atoms with Crippen LogP contribution in [0.5, 0.6) is 0 Å². The summed E-state index contributed by atoms with van der Waals surface area (Å²) in [6.45, 7) is 0. The molecule has 0 unspecified atom stereocenters. The van der Waals surface area contributed by atoms with Gasteiger partial charge in [0.25, 0.3) is 0 Å². The number of carboxylic acids is 1. The lowest BCUT2D eigenvalue weighted by atomic mass is 9.90. The normalized spacial score (nSPS) is 22.2. The number of rotatable bonds is 5. The number of carbonyl (C=O) groups is 1. The third-order valence-electron chi connectivity index (χ3n) is 3.28. The molecule has 0 bridgehead atoms. The number of hydrogen-bond acceptors (Lipinski definition) is 5. The Hall–Kier alpha value is -1.64. The molecule has 0 aliphatic heterocycles. The predicted octanol–water partition coefficient (Wildman–Crippen LogP) is 0.423. The highest BCUT2D eigenvalue weighted by molar-refractivity contribution is 7.89. The van der Waals surface area contributed by atoms with Gasteiger partial charge in [0.05, 0.1) is 16.6 Å². The number of anilines is 1. The topological polar surface area (TPSA) is 119 Å². The quantitative estimate of drug-likeness (QED) is 0.678. The van der Waals surface area contributed by atoms with Crippen LogP contribution in [0.2, 0.25) is 0 Å². The summed E-state index contributed by atoms with van der Waals surface area (Å²) >= 11 is 0. The van der Waals surface area contributed by atoms with E-state index < -0.39 is 16.0 Å². The molecule has 1 aliphatic rings. The van der Waals surface area contributed by atoms with E-state index in [1.165, 1.54) is 12.1 Å². The van der Waals surface area contributed by atoms with Crippen molar-refractivity contribution in [1.29, 1.82) is 0 Å². The summed E-state index contributed by atoms with van der Waals surface area (Å²) in [5.74, 6) is -1.31. The molecule has 0 heterocycles. The van der Waals surface area contributed by atoms with Crippen LogP contribution in [0.3, 0.4) is 0 Å². The Morgan fingerprint density at radius 2 is 2.10 bits per heavy atom. The Kier molecular flexibility index (Phi) is 3.98. The van der Waals surface area contributed by atoms with E-state index >= 15 is 0 Å². The molecular formula is C12H16N2O5S. The summed E-state index contributed by atoms with van der Waals surface area (Å²) in [5, 5.41) is 9.05. The second-order valence-corrected chi connectivity index (χ2v) is 6.39. The molecule has 2 rings (SSSR count). The van der Waals surface area contributed by atoms with Gasteiger partial charge in [0.1, 0.15) is 0 Å². The lowest BCUT2D eigenvalue weighted by molar-refractivity contribution is 0.0236. The number of methoxy groups -OCH3 is 1. The summed E-state index contributed by atoms with van der Waals surface area (Å²) in [6, 6.07) is 3.45. The van der Waals surface area contributed by atoms with Gasteiger partial charge in [0.2, 0.25) is 10.0 Å². The van der Waals surface area contributed by atoms with Crippen LogP contribution < -0.4 is 10.5 Å². The van der Waals surface area contributed by atoms with Crippen LogP contribution in [0.15, 0.2) is 23.1 Å². The first-order chi connectivity index (χ1) is 9.33. The second kappa shape index (κ2) is 5.39. The maximum atomic E-state index is 12.2. The first-order valence-corrected chi connectivity index (χ1v) is 7.49. The highest BCUT2D eigenvalue weighted by Crippen LogP contribution is 2.26. The van der Waals surface area contributed by atoms with E-state index in [9.17, 15) is 13.2 Å². The Morgan fingerprint density at radius 1 is 1.45 bits per heavy atom. The predicted molar refractivity (Wildman–Crippen MR) is 72.0 cm³/mol. The Labute approximate surface area is 116 Å². The maximum Gasteiger partial charge on any atom is 0.337 e. The fourth-order valence-corrected chi connectivity index (χ4v) is 3.57. The molecule has 20 heavy (non-hydrogen) atoms. The van der Waals surface area contributed by atoms with E-state index in [1.54, 1.807) is 7.11 Å². The molecular weight excluding hydrogens is 284 g/mol. The van der Waals surface area contributed by atoms with Crippen molar-refractivity contribution in [3.63, 3.8) is 0 Å². The maximum absolute atomic E-state index is 12.2. The van der Waals surface area contributed by atoms with E-state index in [4.69, 9.17) is 15.6 Å². The SMILES string of the molecule is COC1CC(NS(=O)(=O)c2cc(N)ccc2C(=O)O)C1. The lowest BCUT2D eigenvalue weighted by Crippen LogP contribution is -2.47. The van der Waals surface area contributed by atoms with Gasteiger partial charge < -0.3 is 15.6 Å². The smallest absolute Gasteiger partial charge is 0.337 e. The molecule has 7 nitrogen and oxygen atoms in total. The third-order valence-corrected chi connectivity index (χ3v) is 4.84. The van der Waals surface area contributed by atoms with Crippen LogP contribution in [-0.2, 0) is 14.8 Å². The molecule has 0 saturated heterocycles. The van der Waals surface area contributed by atoms with Crippen LogP contribution in [-0.4, -0.2) is 38.7 Å². The van der Waals surface area contributed by atoms with Gasteiger partial charge in [-0.15, -0.1) is 0 Å². The van der Waals surface area contributed by atoms with Crippen molar-refractivity contribution in [2.24, 2.45) is 0 Å². The molecule has 1 aliphatic carbocycles. The Balaban J connectivity index is 2.25. The number of hydrogen-bond donors (Lipinski definition) is 3. The first-order valence-electron chi connectivity index (χ1n) is 6.01. The summed E-state index contributed by atoms with van der Waals surface area (Å²) in [5.41, 5.74) is 5.44. The van der Waals surface area contributed by atoms with Crippen LogP contribution >= 0.6 is 0 Å². The zero-order valence-electron chi connectivity index (χ0n) is 10.9. The van der Waals surface area contributed by atoms with Crippen molar-refractivity contribution < 1.29 is 23.1 Å². The van der Waals surface area contributed by atoms with Gasteiger partial charge in [-0.3, -0.25) is 0 Å². The van der Waals surface area contributed by atoms with Crippen molar-refractivity contribution in [2.45, 2.75) is 29.9 Å². The minimum Gasteiger partial charge on any atom is -0.478 e. The fourth-order valence-electron chi connectivity index (χ4n) is 2.08. The van der Waals surface area contributed by atoms with Gasteiger partial charge >= 0.3 is 5.97 Å². The molecule has 110 valence electrons. The summed E-state index contributed by atoms with van der Waals surface area (Å²) in [7, 11) is -2.35. The molecule has 0 amide bonds. The van der Waals surface area contributed by atoms with Crippen molar-refractivity contribution >= 4 is 21.7 Å². The number of aromatic carboxylic acids is 1. The third kappa shape index (κ3) is 2.92. The molecule has 0 spiro atoms. The highest BCUT2D eigenvalue weighted by Gasteiger charge is 2.34. The standard InChI is InChI=1S/C12H16N2O5S/c1-19-9-5-8(6-9)14-20(17,18)11-4-7(13)2-3-10(11)12(15)16/h2-4,8-9,14H,5-6,13H2,1H3,(H,15,16). The molecule has 1 aromatic carbocycles. The van der Waals surface area contributed by atoms with E-state index in [0.29, 0.717) is 12.8 Å². The molecule has 1 saturated carbocycles. The van der Waals surface area contributed by atoms with Gasteiger partial charge in [-0.25, -0.2) is 17.9 Å². The van der Waals surface area contributed by atoms with Gasteiger partial charge in [0, 0.05) is 18.8 Å². The Bertz CT molecular complexity index is 623. The molecule has 8 heteroatoms. The zero-order valence-corrected chi connectivity index (χ0v) is 11.7. The summed E-state index contributed by atoms with van der Waals surface area (Å²) < 4.78 is 32.0. The zero-order chi connectivity index (χ0) is 14.9. The van der Waals surface area contributed by atoms with E-state index in [-0.39, 0.29) is 28.3 Å². The number of benzene rings is 1.